The first-order valence-electron chi connectivity index (χ1n) is 8.35. The Hall–Kier alpha value is -3.11. The summed E-state index contributed by atoms with van der Waals surface area (Å²) in [6.07, 6.45) is 0. The van der Waals surface area contributed by atoms with Crippen molar-refractivity contribution in [3.63, 3.8) is 0 Å². The van der Waals surface area contributed by atoms with Crippen LogP contribution in [-0.4, -0.2) is 18.4 Å². The lowest BCUT2D eigenvalue weighted by Crippen LogP contribution is -2.15. The van der Waals surface area contributed by atoms with Crippen molar-refractivity contribution in [2.75, 3.05) is 6.61 Å². The molecule has 5 heteroatoms. The van der Waals surface area contributed by atoms with Gasteiger partial charge in [-0.2, -0.15) is 0 Å². The van der Waals surface area contributed by atoms with E-state index < -0.39 is 5.97 Å². The number of benzene rings is 3. The minimum absolute atomic E-state index is 0.261. The largest absolute Gasteiger partial charge is 0.488 e. The van der Waals surface area contributed by atoms with Gasteiger partial charge in [0.05, 0.1) is 0 Å². The highest BCUT2D eigenvalue weighted by Gasteiger charge is 2.16. The summed E-state index contributed by atoms with van der Waals surface area (Å²) < 4.78 is 10.9. The Labute approximate surface area is 162 Å². The van der Waals surface area contributed by atoms with Crippen molar-refractivity contribution in [1.82, 2.24) is 0 Å². The molecule has 3 aromatic carbocycles. The lowest BCUT2D eigenvalue weighted by molar-refractivity contribution is 0.0470. The number of ketones is 1. The molecule has 3 aromatic rings. The minimum atomic E-state index is -0.606. The zero-order valence-electron chi connectivity index (χ0n) is 14.4. The topological polar surface area (TPSA) is 52.6 Å². The number of rotatable bonds is 7. The van der Waals surface area contributed by atoms with Crippen molar-refractivity contribution in [2.45, 2.75) is 6.61 Å². The SMILES string of the molecule is O=C(COC(=O)c1ccccc1OCc1ccc(Cl)cc1)c1ccccc1. The molecule has 3 rings (SSSR count). The summed E-state index contributed by atoms with van der Waals surface area (Å²) in [6.45, 7) is -0.0429. The quantitative estimate of drug-likeness (QED) is 0.429. The summed E-state index contributed by atoms with van der Waals surface area (Å²) >= 11 is 5.87. The second kappa shape index (κ2) is 9.01. The first-order chi connectivity index (χ1) is 13.1. The summed E-state index contributed by atoms with van der Waals surface area (Å²) in [5.41, 5.74) is 1.69. The van der Waals surface area contributed by atoms with Gasteiger partial charge in [0.25, 0.3) is 0 Å². The highest BCUT2D eigenvalue weighted by atomic mass is 35.5. The maximum atomic E-state index is 12.4. The average Bonchev–Trinajstić information content (AvgIpc) is 2.72. The van der Waals surface area contributed by atoms with Crippen molar-refractivity contribution in [3.8, 4) is 5.75 Å². The number of Topliss-reactive ketones (excluding diaryl/α,β-unsaturated/α-hetero) is 1. The summed E-state index contributed by atoms with van der Waals surface area (Å²) in [5, 5.41) is 0.644. The third-order valence-corrected chi connectivity index (χ3v) is 4.10. The fourth-order valence-electron chi connectivity index (χ4n) is 2.42. The van der Waals surface area contributed by atoms with Gasteiger partial charge in [0.2, 0.25) is 0 Å². The molecule has 0 radical (unpaired) electrons. The van der Waals surface area contributed by atoms with Gasteiger partial charge in [-0.1, -0.05) is 66.2 Å². The molecule has 0 unspecified atom stereocenters. The Kier molecular flexibility index (Phi) is 6.23. The van der Waals surface area contributed by atoms with Gasteiger partial charge in [0, 0.05) is 10.6 Å². The van der Waals surface area contributed by atoms with E-state index in [1.54, 1.807) is 60.7 Å². The second-order valence-electron chi connectivity index (χ2n) is 5.78. The average molecular weight is 381 g/mol. The molecule has 0 spiro atoms. The molecule has 0 atom stereocenters. The molecule has 0 bridgehead atoms. The summed E-state index contributed by atoms with van der Waals surface area (Å²) in [6, 6.07) is 22.7. The van der Waals surface area contributed by atoms with Gasteiger partial charge in [0.15, 0.2) is 12.4 Å². The van der Waals surface area contributed by atoms with Crippen LogP contribution in [0.5, 0.6) is 5.75 Å². The Balaban J connectivity index is 1.63. The predicted octanol–water partition coefficient (Wildman–Crippen LogP) is 4.96. The number of para-hydroxylation sites is 1. The normalized spacial score (nSPS) is 10.3. The van der Waals surface area contributed by atoms with Gasteiger partial charge in [-0.15, -0.1) is 0 Å². The predicted molar refractivity (Wildman–Crippen MR) is 103 cm³/mol. The van der Waals surface area contributed by atoms with Crippen LogP contribution in [0.3, 0.4) is 0 Å². The van der Waals surface area contributed by atoms with E-state index in [1.807, 2.05) is 18.2 Å². The van der Waals surface area contributed by atoms with E-state index in [1.165, 1.54) is 0 Å². The van der Waals surface area contributed by atoms with Crippen LogP contribution >= 0.6 is 11.6 Å². The summed E-state index contributed by atoms with van der Waals surface area (Å²) in [5.74, 6) is -0.473. The fraction of sp³-hybridized carbons (Fsp3) is 0.0909. The zero-order chi connectivity index (χ0) is 19.1. The molecule has 0 fully saturated rings. The number of carbonyl (C=O) groups is 2. The van der Waals surface area contributed by atoms with E-state index in [4.69, 9.17) is 21.1 Å². The molecule has 0 aliphatic rings. The van der Waals surface area contributed by atoms with E-state index in [0.29, 0.717) is 16.3 Å². The van der Waals surface area contributed by atoms with Crippen LogP contribution in [-0.2, 0) is 11.3 Å². The minimum Gasteiger partial charge on any atom is -0.488 e. The molecule has 0 saturated heterocycles. The third kappa shape index (κ3) is 5.19. The lowest BCUT2D eigenvalue weighted by Gasteiger charge is -2.11. The van der Waals surface area contributed by atoms with E-state index in [-0.39, 0.29) is 24.6 Å². The maximum Gasteiger partial charge on any atom is 0.342 e. The molecule has 27 heavy (non-hydrogen) atoms. The van der Waals surface area contributed by atoms with Crippen LogP contribution in [0.2, 0.25) is 5.02 Å². The Bertz CT molecular complexity index is 921. The molecule has 4 nitrogen and oxygen atoms in total. The standard InChI is InChI=1S/C22H17ClO4/c23-18-12-10-16(11-13-18)14-26-21-9-5-4-8-19(21)22(25)27-15-20(24)17-6-2-1-3-7-17/h1-13H,14-15H2. The van der Waals surface area contributed by atoms with Gasteiger partial charge in [0.1, 0.15) is 17.9 Å². The Morgan fingerprint density at radius 2 is 1.48 bits per heavy atom. The van der Waals surface area contributed by atoms with E-state index in [9.17, 15) is 9.59 Å². The number of ether oxygens (including phenoxy) is 2. The molecule has 136 valence electrons. The number of hydrogen-bond donors (Lipinski definition) is 0. The van der Waals surface area contributed by atoms with Gasteiger partial charge >= 0.3 is 5.97 Å². The van der Waals surface area contributed by atoms with E-state index in [0.717, 1.165) is 5.56 Å². The number of hydrogen-bond acceptors (Lipinski definition) is 4. The van der Waals surface area contributed by atoms with Crippen molar-refractivity contribution >= 4 is 23.4 Å². The van der Waals surface area contributed by atoms with Crippen molar-refractivity contribution in [3.05, 3.63) is 101 Å². The second-order valence-corrected chi connectivity index (χ2v) is 6.21. The molecule has 0 aromatic heterocycles. The molecule has 0 aliphatic carbocycles. The molecule has 0 amide bonds. The van der Waals surface area contributed by atoms with E-state index >= 15 is 0 Å². The van der Waals surface area contributed by atoms with Gasteiger partial charge in [-0.25, -0.2) is 4.79 Å². The van der Waals surface area contributed by atoms with Crippen molar-refractivity contribution in [2.24, 2.45) is 0 Å². The van der Waals surface area contributed by atoms with Crippen LogP contribution in [0.1, 0.15) is 26.3 Å². The molecule has 0 N–H and O–H groups in total. The van der Waals surface area contributed by atoms with Gasteiger partial charge in [-0.05, 0) is 29.8 Å². The van der Waals surface area contributed by atoms with Gasteiger partial charge < -0.3 is 9.47 Å². The smallest absolute Gasteiger partial charge is 0.342 e. The molecule has 0 saturated carbocycles. The van der Waals surface area contributed by atoms with Crippen LogP contribution in [0, 0.1) is 0 Å². The number of esters is 1. The monoisotopic (exact) mass is 380 g/mol. The van der Waals surface area contributed by atoms with Crippen molar-refractivity contribution < 1.29 is 19.1 Å². The highest BCUT2D eigenvalue weighted by Crippen LogP contribution is 2.21. The Morgan fingerprint density at radius 1 is 0.815 bits per heavy atom. The first-order valence-corrected chi connectivity index (χ1v) is 8.73. The van der Waals surface area contributed by atoms with Crippen LogP contribution in [0.25, 0.3) is 0 Å². The highest BCUT2D eigenvalue weighted by molar-refractivity contribution is 6.30. The van der Waals surface area contributed by atoms with Gasteiger partial charge in [-0.3, -0.25) is 4.79 Å². The third-order valence-electron chi connectivity index (χ3n) is 3.84. The fourth-order valence-corrected chi connectivity index (χ4v) is 2.55. The summed E-state index contributed by atoms with van der Waals surface area (Å²) in [4.78, 5) is 24.5. The molecule has 0 heterocycles. The van der Waals surface area contributed by atoms with Crippen LogP contribution in [0.4, 0.5) is 0 Å². The molecular weight excluding hydrogens is 364 g/mol. The molecule has 0 aliphatic heterocycles. The summed E-state index contributed by atoms with van der Waals surface area (Å²) in [7, 11) is 0. The maximum absolute atomic E-state index is 12.4. The van der Waals surface area contributed by atoms with E-state index in [2.05, 4.69) is 0 Å². The first kappa shape index (κ1) is 18.7. The number of carbonyl (C=O) groups excluding carboxylic acids is 2. The number of halogens is 1. The van der Waals surface area contributed by atoms with Crippen molar-refractivity contribution in [1.29, 1.82) is 0 Å². The van der Waals surface area contributed by atoms with Crippen LogP contribution < -0.4 is 4.74 Å². The zero-order valence-corrected chi connectivity index (χ0v) is 15.2. The van der Waals surface area contributed by atoms with Crippen LogP contribution in [0.15, 0.2) is 78.9 Å². The Morgan fingerprint density at radius 3 is 2.22 bits per heavy atom. The molecular formula is C22H17ClO4. The lowest BCUT2D eigenvalue weighted by atomic mass is 10.1.